The largest absolute Gasteiger partial charge is 0.490 e. The van der Waals surface area contributed by atoms with Gasteiger partial charge in [-0.2, -0.15) is 5.10 Å². The van der Waals surface area contributed by atoms with E-state index in [-0.39, 0.29) is 17.3 Å². The number of hydrogen-bond acceptors (Lipinski definition) is 4. The van der Waals surface area contributed by atoms with Gasteiger partial charge in [-0.1, -0.05) is 37.1 Å². The highest BCUT2D eigenvalue weighted by Crippen LogP contribution is 2.31. The zero-order chi connectivity index (χ0) is 24.3. The van der Waals surface area contributed by atoms with E-state index in [9.17, 15) is 12.8 Å². The van der Waals surface area contributed by atoms with Crippen molar-refractivity contribution in [3.8, 4) is 11.4 Å². The first-order chi connectivity index (χ1) is 16.3. The first-order valence-corrected chi connectivity index (χ1v) is 12.8. The molecule has 0 unspecified atom stereocenters. The minimum atomic E-state index is -3.67. The molecular formula is C25H25ClFN3O3S. The fraction of sp³-hybridized carbons (Fsp3) is 0.240. The van der Waals surface area contributed by atoms with Crippen LogP contribution in [-0.2, 0) is 16.4 Å². The summed E-state index contributed by atoms with van der Waals surface area (Å²) in [6.07, 6.45) is 3.57. The second-order valence-corrected chi connectivity index (χ2v) is 10.2. The molecule has 3 aromatic carbocycles. The van der Waals surface area contributed by atoms with Gasteiger partial charge in [0.2, 0.25) is 10.0 Å². The molecule has 0 bridgehead atoms. The SMILES string of the molecule is CCCc1ccc(S(=O)(=O)N[C@@H](C)COc2cc3cnn(-c4ccc(F)cc4)c3cc2Cl)cc1. The normalized spacial score (nSPS) is 12.7. The molecule has 0 saturated carbocycles. The number of nitrogens with zero attached hydrogens (tertiary/aromatic N) is 2. The van der Waals surface area contributed by atoms with E-state index in [2.05, 4.69) is 16.7 Å². The Bertz CT molecular complexity index is 1390. The summed E-state index contributed by atoms with van der Waals surface area (Å²) >= 11 is 6.43. The summed E-state index contributed by atoms with van der Waals surface area (Å²) in [4.78, 5) is 0.215. The second kappa shape index (κ2) is 10.1. The Hall–Kier alpha value is -2.94. The maximum atomic E-state index is 13.2. The van der Waals surface area contributed by atoms with Crippen molar-refractivity contribution in [3.63, 3.8) is 0 Å². The molecule has 1 aromatic heterocycles. The predicted octanol–water partition coefficient (Wildman–Crippen LogP) is 5.52. The quantitative estimate of drug-likeness (QED) is 0.328. The molecule has 0 aliphatic rings. The number of nitrogens with one attached hydrogen (secondary N) is 1. The van der Waals surface area contributed by atoms with Gasteiger partial charge in [-0.3, -0.25) is 0 Å². The zero-order valence-corrected chi connectivity index (χ0v) is 20.4. The van der Waals surface area contributed by atoms with Gasteiger partial charge in [-0.25, -0.2) is 22.2 Å². The second-order valence-electron chi connectivity index (χ2n) is 8.10. The fourth-order valence-electron chi connectivity index (χ4n) is 3.63. The highest BCUT2D eigenvalue weighted by molar-refractivity contribution is 7.89. The number of fused-ring (bicyclic) bond motifs is 1. The van der Waals surface area contributed by atoms with Crippen LogP contribution in [0.4, 0.5) is 4.39 Å². The molecule has 4 aromatic rings. The van der Waals surface area contributed by atoms with E-state index in [0.29, 0.717) is 16.5 Å². The van der Waals surface area contributed by atoms with E-state index in [1.807, 2.05) is 12.1 Å². The minimum absolute atomic E-state index is 0.0878. The van der Waals surface area contributed by atoms with Crippen LogP contribution in [0.2, 0.25) is 5.02 Å². The highest BCUT2D eigenvalue weighted by atomic mass is 35.5. The lowest BCUT2D eigenvalue weighted by Crippen LogP contribution is -2.36. The topological polar surface area (TPSA) is 73.2 Å². The molecule has 178 valence electrons. The third kappa shape index (κ3) is 5.41. The summed E-state index contributed by atoms with van der Waals surface area (Å²) in [6, 6.07) is 15.9. The molecule has 6 nitrogen and oxygen atoms in total. The number of halogens is 2. The van der Waals surface area contributed by atoms with E-state index in [0.717, 1.165) is 29.3 Å². The lowest BCUT2D eigenvalue weighted by molar-refractivity contribution is 0.288. The van der Waals surface area contributed by atoms with Crippen LogP contribution in [0.25, 0.3) is 16.6 Å². The molecule has 1 heterocycles. The molecule has 0 spiro atoms. The highest BCUT2D eigenvalue weighted by Gasteiger charge is 2.18. The lowest BCUT2D eigenvalue weighted by Gasteiger charge is -2.16. The number of rotatable bonds is 9. The average Bonchev–Trinajstić information content (AvgIpc) is 3.21. The van der Waals surface area contributed by atoms with Gasteiger partial charge >= 0.3 is 0 Å². The number of aryl methyl sites for hydroxylation is 1. The van der Waals surface area contributed by atoms with Gasteiger partial charge in [-0.15, -0.1) is 0 Å². The van der Waals surface area contributed by atoms with E-state index < -0.39 is 16.1 Å². The summed E-state index contributed by atoms with van der Waals surface area (Å²) in [5.41, 5.74) is 2.54. The van der Waals surface area contributed by atoms with Crippen molar-refractivity contribution < 1.29 is 17.5 Å². The zero-order valence-electron chi connectivity index (χ0n) is 18.8. The predicted molar refractivity (Wildman–Crippen MR) is 132 cm³/mol. The molecule has 0 fully saturated rings. The molecule has 0 radical (unpaired) electrons. The van der Waals surface area contributed by atoms with Crippen LogP contribution in [0, 0.1) is 5.82 Å². The summed E-state index contributed by atoms with van der Waals surface area (Å²) in [5.74, 6) is 0.0926. The van der Waals surface area contributed by atoms with Crippen molar-refractivity contribution in [1.82, 2.24) is 14.5 Å². The van der Waals surface area contributed by atoms with Crippen LogP contribution < -0.4 is 9.46 Å². The molecule has 1 atom stereocenters. The number of ether oxygens (including phenoxy) is 1. The number of sulfonamides is 1. The van der Waals surface area contributed by atoms with Gasteiger partial charge in [0.15, 0.2) is 0 Å². The minimum Gasteiger partial charge on any atom is -0.490 e. The van der Waals surface area contributed by atoms with Crippen LogP contribution in [0.15, 0.2) is 71.8 Å². The Morgan fingerprint density at radius 2 is 1.82 bits per heavy atom. The van der Waals surface area contributed by atoms with E-state index in [1.54, 1.807) is 54.2 Å². The van der Waals surface area contributed by atoms with E-state index in [1.165, 1.54) is 12.1 Å². The Kier molecular flexibility index (Phi) is 7.21. The summed E-state index contributed by atoms with van der Waals surface area (Å²) in [7, 11) is -3.67. The molecule has 4 rings (SSSR count). The molecule has 0 amide bonds. The molecule has 0 saturated heterocycles. The van der Waals surface area contributed by atoms with Crippen LogP contribution >= 0.6 is 11.6 Å². The summed E-state index contributed by atoms with van der Waals surface area (Å²) in [5, 5.41) is 5.50. The smallest absolute Gasteiger partial charge is 0.240 e. The van der Waals surface area contributed by atoms with Crippen molar-refractivity contribution in [1.29, 1.82) is 0 Å². The molecule has 34 heavy (non-hydrogen) atoms. The van der Waals surface area contributed by atoms with Gasteiger partial charge in [0, 0.05) is 5.39 Å². The maximum absolute atomic E-state index is 13.2. The van der Waals surface area contributed by atoms with Gasteiger partial charge in [0.25, 0.3) is 0 Å². The molecular weight excluding hydrogens is 477 g/mol. The maximum Gasteiger partial charge on any atom is 0.240 e. The lowest BCUT2D eigenvalue weighted by atomic mass is 10.1. The van der Waals surface area contributed by atoms with E-state index in [4.69, 9.17) is 16.3 Å². The summed E-state index contributed by atoms with van der Waals surface area (Å²) in [6.45, 7) is 3.89. The van der Waals surface area contributed by atoms with Crippen LogP contribution in [0.5, 0.6) is 5.75 Å². The van der Waals surface area contributed by atoms with Crippen LogP contribution in [0.3, 0.4) is 0 Å². The Morgan fingerprint density at radius 1 is 1.12 bits per heavy atom. The number of benzene rings is 3. The van der Waals surface area contributed by atoms with Crippen molar-refractivity contribution in [2.75, 3.05) is 6.61 Å². The molecule has 9 heteroatoms. The first kappa shape index (κ1) is 24.2. The van der Waals surface area contributed by atoms with Crippen LogP contribution in [-0.4, -0.2) is 30.8 Å². The molecule has 0 aliphatic heterocycles. The first-order valence-electron chi connectivity index (χ1n) is 10.9. The van der Waals surface area contributed by atoms with Gasteiger partial charge in [0.1, 0.15) is 18.2 Å². The Balaban J connectivity index is 1.44. The van der Waals surface area contributed by atoms with Crippen molar-refractivity contribution in [2.24, 2.45) is 0 Å². The molecule has 1 N–H and O–H groups in total. The average molecular weight is 502 g/mol. The van der Waals surface area contributed by atoms with Gasteiger partial charge in [-0.05, 0) is 67.4 Å². The third-order valence-corrected chi connectivity index (χ3v) is 7.21. The Morgan fingerprint density at radius 3 is 2.50 bits per heavy atom. The van der Waals surface area contributed by atoms with Crippen LogP contribution in [0.1, 0.15) is 25.8 Å². The van der Waals surface area contributed by atoms with Crippen molar-refractivity contribution in [2.45, 2.75) is 37.6 Å². The third-order valence-electron chi connectivity index (χ3n) is 5.31. The number of hydrogen-bond donors (Lipinski definition) is 1. The van der Waals surface area contributed by atoms with Gasteiger partial charge < -0.3 is 4.74 Å². The fourth-order valence-corrected chi connectivity index (χ4v) is 5.07. The van der Waals surface area contributed by atoms with Crippen molar-refractivity contribution >= 4 is 32.5 Å². The summed E-state index contributed by atoms with van der Waals surface area (Å²) < 4.78 is 48.8. The number of aromatic nitrogens is 2. The van der Waals surface area contributed by atoms with E-state index >= 15 is 0 Å². The van der Waals surface area contributed by atoms with Gasteiger partial charge in [0.05, 0.1) is 33.4 Å². The standard InChI is InChI=1S/C25H25ClFN3O3S/c1-3-4-18-5-11-22(12-6-18)34(31,32)29-17(2)16-33-25-13-19-15-28-30(24(19)14-23(25)26)21-9-7-20(27)8-10-21/h5-15,17,29H,3-4,16H2,1-2H3/t17-/m0/s1. The Labute approximate surface area is 203 Å². The molecule has 0 aliphatic carbocycles. The van der Waals surface area contributed by atoms with Crippen molar-refractivity contribution in [3.05, 3.63) is 83.3 Å². The monoisotopic (exact) mass is 501 g/mol.